The number of ether oxygens (including phenoxy) is 1. The Balaban J connectivity index is 2.09. The predicted molar refractivity (Wildman–Crippen MR) is 65.4 cm³/mol. The molecule has 7 heteroatoms. The Morgan fingerprint density at radius 2 is 2.21 bits per heavy atom. The molecule has 0 aliphatic carbocycles. The lowest BCUT2D eigenvalue weighted by molar-refractivity contribution is -0.137. The van der Waals surface area contributed by atoms with Crippen LogP contribution in [-0.4, -0.2) is 36.1 Å². The van der Waals surface area contributed by atoms with Crippen molar-refractivity contribution in [1.29, 1.82) is 0 Å². The molecule has 2 rings (SSSR count). The third-order valence-corrected chi connectivity index (χ3v) is 3.27. The van der Waals surface area contributed by atoms with Gasteiger partial charge in [-0.15, -0.1) is 0 Å². The summed E-state index contributed by atoms with van der Waals surface area (Å²) in [5.74, 6) is 0.0648. The number of likely N-dealkylation sites (N-methyl/N-ethyl adjacent to an activating group) is 1. The van der Waals surface area contributed by atoms with Crippen LogP contribution in [0, 0.1) is 0 Å². The fourth-order valence-electron chi connectivity index (χ4n) is 2.04. The maximum atomic E-state index is 12.5. The smallest absolute Gasteiger partial charge is 0.417 e. The van der Waals surface area contributed by atoms with Crippen molar-refractivity contribution in [3.8, 4) is 5.88 Å². The summed E-state index contributed by atoms with van der Waals surface area (Å²) in [6.45, 7) is 1.72. The summed E-state index contributed by atoms with van der Waals surface area (Å²) in [5.41, 5.74) is -0.870. The Bertz CT molecular complexity index is 453. The molecule has 0 N–H and O–H groups in total. The van der Waals surface area contributed by atoms with Crippen molar-refractivity contribution in [2.45, 2.75) is 25.1 Å². The summed E-state index contributed by atoms with van der Waals surface area (Å²) in [6, 6.07) is 0.844. The molecule has 1 saturated heterocycles. The lowest BCUT2D eigenvalue weighted by Gasteiger charge is -2.29. The summed E-state index contributed by atoms with van der Waals surface area (Å²) in [6.07, 6.45) is -1.95. The molecule has 0 aromatic carbocycles. The number of aromatic nitrogens is 1. The second-order valence-electron chi connectivity index (χ2n) is 4.65. The number of pyridine rings is 1. The fourth-order valence-corrected chi connectivity index (χ4v) is 2.25. The van der Waals surface area contributed by atoms with E-state index in [4.69, 9.17) is 16.3 Å². The molecule has 0 amide bonds. The Morgan fingerprint density at radius 3 is 2.79 bits per heavy atom. The third-order valence-electron chi connectivity index (χ3n) is 2.99. The van der Waals surface area contributed by atoms with Crippen LogP contribution in [0.1, 0.15) is 18.4 Å². The largest absolute Gasteiger partial charge is 0.472 e. The van der Waals surface area contributed by atoms with Crippen LogP contribution >= 0.6 is 11.6 Å². The van der Waals surface area contributed by atoms with E-state index >= 15 is 0 Å². The number of piperidine rings is 1. The van der Waals surface area contributed by atoms with Crippen LogP contribution in [0.25, 0.3) is 0 Å². The monoisotopic (exact) mass is 294 g/mol. The summed E-state index contributed by atoms with van der Waals surface area (Å²) in [5, 5.41) is -0.108. The Kier molecular flexibility index (Phi) is 4.20. The van der Waals surface area contributed by atoms with E-state index < -0.39 is 11.7 Å². The van der Waals surface area contributed by atoms with Gasteiger partial charge in [0.1, 0.15) is 11.1 Å². The Labute approximate surface area is 114 Å². The first-order valence-electron chi connectivity index (χ1n) is 5.94. The van der Waals surface area contributed by atoms with Gasteiger partial charge in [0.25, 0.3) is 0 Å². The summed E-state index contributed by atoms with van der Waals surface area (Å²) >= 11 is 5.79. The van der Waals surface area contributed by atoms with Crippen molar-refractivity contribution >= 4 is 11.6 Å². The number of hydrogen-bond donors (Lipinski definition) is 0. The van der Waals surface area contributed by atoms with E-state index in [9.17, 15) is 13.2 Å². The van der Waals surface area contributed by atoms with Gasteiger partial charge < -0.3 is 9.64 Å². The van der Waals surface area contributed by atoms with Crippen molar-refractivity contribution in [3.63, 3.8) is 0 Å². The van der Waals surface area contributed by atoms with Gasteiger partial charge in [0.15, 0.2) is 0 Å². The van der Waals surface area contributed by atoms with Crippen LogP contribution in [0.5, 0.6) is 5.88 Å². The lowest BCUT2D eigenvalue weighted by atomic mass is 10.1. The molecule has 1 aromatic heterocycles. The van der Waals surface area contributed by atoms with Crippen LogP contribution in [-0.2, 0) is 6.18 Å². The van der Waals surface area contributed by atoms with Gasteiger partial charge in [-0.2, -0.15) is 13.2 Å². The lowest BCUT2D eigenvalue weighted by Crippen LogP contribution is -2.38. The highest BCUT2D eigenvalue weighted by molar-refractivity contribution is 6.31. The Morgan fingerprint density at radius 1 is 1.47 bits per heavy atom. The van der Waals surface area contributed by atoms with E-state index in [-0.39, 0.29) is 17.0 Å². The maximum absolute atomic E-state index is 12.5. The fraction of sp³-hybridized carbons (Fsp3) is 0.583. The van der Waals surface area contributed by atoms with Crippen LogP contribution in [0.15, 0.2) is 12.3 Å². The number of nitrogens with zero attached hydrogens (tertiary/aromatic N) is 2. The third kappa shape index (κ3) is 3.73. The highest BCUT2D eigenvalue weighted by atomic mass is 35.5. The highest BCUT2D eigenvalue weighted by Gasteiger charge is 2.32. The first-order chi connectivity index (χ1) is 8.86. The molecule has 106 valence electrons. The van der Waals surface area contributed by atoms with Gasteiger partial charge in [0, 0.05) is 12.7 Å². The average Bonchev–Trinajstić information content (AvgIpc) is 2.30. The molecule has 2 heterocycles. The summed E-state index contributed by atoms with van der Waals surface area (Å²) in [4.78, 5) is 5.77. The Hall–Kier alpha value is -1.01. The zero-order chi connectivity index (χ0) is 14.0. The van der Waals surface area contributed by atoms with Gasteiger partial charge in [-0.1, -0.05) is 11.6 Å². The van der Waals surface area contributed by atoms with Gasteiger partial charge >= 0.3 is 6.18 Å². The minimum atomic E-state index is -4.44. The summed E-state index contributed by atoms with van der Waals surface area (Å²) in [7, 11) is 1.97. The number of alkyl halides is 3. The maximum Gasteiger partial charge on any atom is 0.417 e. The van der Waals surface area contributed by atoms with Crippen molar-refractivity contribution in [2.24, 2.45) is 0 Å². The van der Waals surface area contributed by atoms with E-state index in [1.165, 1.54) is 0 Å². The number of likely N-dealkylation sites (tertiary alicyclic amines) is 1. The second-order valence-corrected chi connectivity index (χ2v) is 5.06. The SMILES string of the molecule is CN1CCCC(Oc2ncc(C(F)(F)F)cc2Cl)C1. The zero-order valence-electron chi connectivity index (χ0n) is 10.4. The van der Waals surface area contributed by atoms with Crippen LogP contribution in [0.2, 0.25) is 5.02 Å². The van der Waals surface area contributed by atoms with Crippen LogP contribution in [0.3, 0.4) is 0 Å². The molecule has 1 aliphatic heterocycles. The van der Waals surface area contributed by atoms with E-state index in [1.54, 1.807) is 0 Å². The van der Waals surface area contributed by atoms with E-state index in [1.807, 2.05) is 7.05 Å². The molecule has 0 saturated carbocycles. The first-order valence-corrected chi connectivity index (χ1v) is 6.32. The second kappa shape index (κ2) is 5.54. The van der Waals surface area contributed by atoms with Crippen LogP contribution in [0.4, 0.5) is 13.2 Å². The standard InChI is InChI=1S/C12H14ClF3N2O/c1-18-4-2-3-9(7-18)19-11-10(13)5-8(6-17-11)12(14,15)16/h5-6,9H,2-4,7H2,1H3. The molecule has 1 fully saturated rings. The molecule has 1 unspecified atom stereocenters. The van der Waals surface area contributed by atoms with Gasteiger partial charge in [-0.25, -0.2) is 4.98 Å². The molecule has 1 atom stereocenters. The van der Waals surface area contributed by atoms with E-state index in [2.05, 4.69) is 9.88 Å². The van der Waals surface area contributed by atoms with Crippen molar-refractivity contribution in [3.05, 3.63) is 22.8 Å². The van der Waals surface area contributed by atoms with Crippen molar-refractivity contribution in [1.82, 2.24) is 9.88 Å². The normalized spacial score (nSPS) is 21.4. The topological polar surface area (TPSA) is 25.4 Å². The van der Waals surface area contributed by atoms with Gasteiger partial charge in [0.05, 0.1) is 5.56 Å². The van der Waals surface area contributed by atoms with Crippen molar-refractivity contribution in [2.75, 3.05) is 20.1 Å². The highest BCUT2D eigenvalue weighted by Crippen LogP contribution is 2.33. The quantitative estimate of drug-likeness (QED) is 0.837. The molecule has 0 spiro atoms. The minimum Gasteiger partial charge on any atom is -0.472 e. The van der Waals surface area contributed by atoms with Gasteiger partial charge in [-0.05, 0) is 32.5 Å². The molecule has 1 aromatic rings. The molecule has 3 nitrogen and oxygen atoms in total. The van der Waals surface area contributed by atoms with Gasteiger partial charge in [0.2, 0.25) is 5.88 Å². The number of rotatable bonds is 2. The van der Waals surface area contributed by atoms with Gasteiger partial charge in [-0.3, -0.25) is 0 Å². The molecule has 0 bridgehead atoms. The average molecular weight is 295 g/mol. The molecule has 1 aliphatic rings. The molecular weight excluding hydrogens is 281 g/mol. The van der Waals surface area contributed by atoms with Crippen LogP contribution < -0.4 is 4.74 Å². The van der Waals surface area contributed by atoms with E-state index in [0.29, 0.717) is 0 Å². The summed E-state index contributed by atoms with van der Waals surface area (Å²) < 4.78 is 43.0. The van der Waals surface area contributed by atoms with Crippen molar-refractivity contribution < 1.29 is 17.9 Å². The van der Waals surface area contributed by atoms with E-state index in [0.717, 1.165) is 38.2 Å². The molecule has 0 radical (unpaired) electrons. The molecule has 19 heavy (non-hydrogen) atoms. The number of hydrogen-bond acceptors (Lipinski definition) is 3. The predicted octanol–water partition coefficient (Wildman–Crippen LogP) is 3.23. The first kappa shape index (κ1) is 14.4. The minimum absolute atomic E-state index is 0.0648. The zero-order valence-corrected chi connectivity index (χ0v) is 11.1. The molecular formula is C12H14ClF3N2O. The number of halogens is 4.